The van der Waals surface area contributed by atoms with Crippen molar-refractivity contribution in [3.63, 3.8) is 0 Å². The summed E-state index contributed by atoms with van der Waals surface area (Å²) >= 11 is 6.12. The molecule has 10 heteroatoms. The first kappa shape index (κ1) is 23.2. The van der Waals surface area contributed by atoms with Crippen molar-refractivity contribution in [3.05, 3.63) is 99.9 Å². The van der Waals surface area contributed by atoms with Gasteiger partial charge in [0.25, 0.3) is 0 Å². The van der Waals surface area contributed by atoms with E-state index in [0.717, 1.165) is 5.56 Å². The molecular formula is C26H19ClFN5O3. The van der Waals surface area contributed by atoms with Crippen LogP contribution >= 0.6 is 11.6 Å². The molecule has 0 fully saturated rings. The van der Waals surface area contributed by atoms with Gasteiger partial charge in [-0.15, -0.1) is 5.10 Å². The van der Waals surface area contributed by atoms with Crippen LogP contribution in [-0.4, -0.2) is 22.3 Å². The zero-order valence-electron chi connectivity index (χ0n) is 19.0. The van der Waals surface area contributed by atoms with E-state index < -0.39 is 11.7 Å². The van der Waals surface area contributed by atoms with Gasteiger partial charge in [0.05, 0.1) is 29.3 Å². The number of hydrogen-bond acceptors (Lipinski definition) is 7. The van der Waals surface area contributed by atoms with Crippen LogP contribution < -0.4 is 19.9 Å². The Morgan fingerprint density at radius 1 is 1.22 bits per heavy atom. The minimum absolute atomic E-state index is 0.0345. The number of methoxy groups -OCH3 is 1. The second-order valence-corrected chi connectivity index (χ2v) is 8.29. The zero-order chi connectivity index (χ0) is 25.2. The highest BCUT2D eigenvalue weighted by atomic mass is 35.5. The number of nitriles is 1. The summed E-state index contributed by atoms with van der Waals surface area (Å²) in [5.41, 5.74) is 9.30. The fraction of sp³-hybridized carbons (Fsp3) is 0.115. The van der Waals surface area contributed by atoms with E-state index in [4.69, 9.17) is 31.5 Å². The lowest BCUT2D eigenvalue weighted by molar-refractivity contribution is 0.279. The number of nitrogens with one attached hydrogen (secondary N) is 1. The van der Waals surface area contributed by atoms with Gasteiger partial charge in [0, 0.05) is 23.5 Å². The highest BCUT2D eigenvalue weighted by Crippen LogP contribution is 2.47. The summed E-state index contributed by atoms with van der Waals surface area (Å²) < 4.78 is 31.2. The molecule has 0 unspecified atom stereocenters. The van der Waals surface area contributed by atoms with E-state index in [1.54, 1.807) is 42.7 Å². The van der Waals surface area contributed by atoms with Crippen molar-refractivity contribution in [2.75, 3.05) is 7.11 Å². The smallest absolute Gasteiger partial charge is 0.244 e. The maximum atomic E-state index is 14.2. The standard InChI is InChI=1S/C26H19ClFN5O3/c1-34-21-10-14(7-8-20(21)35-13-17-18(27)5-2-6-19(17)28)22-16(11-29)25(30)36-26-23(22)24(32-33-26)15-4-3-9-31-12-15/h2-10,12,22H,13,30H2,1H3,(H,32,33)/t22-/m1/s1. The number of aromatic amines is 1. The Bertz CT molecular complexity index is 1490. The van der Waals surface area contributed by atoms with Crippen LogP contribution in [0, 0.1) is 17.1 Å². The van der Waals surface area contributed by atoms with E-state index in [1.165, 1.54) is 19.2 Å². The number of pyridine rings is 1. The minimum atomic E-state index is -0.600. The highest BCUT2D eigenvalue weighted by Gasteiger charge is 2.36. The minimum Gasteiger partial charge on any atom is -0.493 e. The molecule has 4 aromatic rings. The number of aromatic nitrogens is 3. The monoisotopic (exact) mass is 503 g/mol. The number of H-pyrrole nitrogens is 1. The molecular weight excluding hydrogens is 485 g/mol. The predicted octanol–water partition coefficient (Wildman–Crippen LogP) is 5.07. The van der Waals surface area contributed by atoms with E-state index in [9.17, 15) is 9.65 Å². The maximum Gasteiger partial charge on any atom is 0.244 e. The Labute approximate surface area is 210 Å². The van der Waals surface area contributed by atoms with Crippen molar-refractivity contribution in [1.29, 1.82) is 5.26 Å². The zero-order valence-corrected chi connectivity index (χ0v) is 19.7. The lowest BCUT2D eigenvalue weighted by Gasteiger charge is -2.24. The molecule has 5 rings (SSSR count). The molecule has 0 radical (unpaired) electrons. The molecule has 2 aromatic heterocycles. The van der Waals surface area contributed by atoms with Crippen LogP contribution in [0.15, 0.2) is 72.4 Å². The average Bonchev–Trinajstić information content (AvgIpc) is 3.31. The van der Waals surface area contributed by atoms with Crippen molar-refractivity contribution < 1.29 is 18.6 Å². The number of halogens is 2. The van der Waals surface area contributed by atoms with Gasteiger partial charge in [-0.05, 0) is 42.0 Å². The fourth-order valence-corrected chi connectivity index (χ4v) is 4.33. The highest BCUT2D eigenvalue weighted by molar-refractivity contribution is 6.31. The van der Waals surface area contributed by atoms with Crippen molar-refractivity contribution in [2.45, 2.75) is 12.5 Å². The lowest BCUT2D eigenvalue weighted by atomic mass is 9.83. The molecule has 3 heterocycles. The van der Waals surface area contributed by atoms with Gasteiger partial charge in [-0.2, -0.15) is 5.26 Å². The number of fused-ring (bicyclic) bond motifs is 1. The fourth-order valence-electron chi connectivity index (χ4n) is 4.11. The summed E-state index contributed by atoms with van der Waals surface area (Å²) in [6.07, 6.45) is 3.35. The number of allylic oxidation sites excluding steroid dienone is 1. The van der Waals surface area contributed by atoms with Gasteiger partial charge in [-0.1, -0.05) is 23.7 Å². The predicted molar refractivity (Wildman–Crippen MR) is 130 cm³/mol. The first-order chi connectivity index (χ1) is 17.5. The second kappa shape index (κ2) is 9.60. The van der Waals surface area contributed by atoms with E-state index in [0.29, 0.717) is 28.3 Å². The third-order valence-corrected chi connectivity index (χ3v) is 6.20. The topological polar surface area (TPSA) is 119 Å². The molecule has 1 aliphatic heterocycles. The molecule has 0 bridgehead atoms. The molecule has 180 valence electrons. The third-order valence-electron chi connectivity index (χ3n) is 5.84. The molecule has 1 atom stereocenters. The lowest BCUT2D eigenvalue weighted by Crippen LogP contribution is -2.21. The molecule has 0 aliphatic carbocycles. The summed E-state index contributed by atoms with van der Waals surface area (Å²) in [7, 11) is 1.49. The molecule has 3 N–H and O–H groups in total. The molecule has 36 heavy (non-hydrogen) atoms. The van der Waals surface area contributed by atoms with Crippen LogP contribution in [-0.2, 0) is 6.61 Å². The molecule has 0 saturated heterocycles. The number of nitrogens with two attached hydrogens (primary N) is 1. The Morgan fingerprint density at radius 2 is 2.08 bits per heavy atom. The summed E-state index contributed by atoms with van der Waals surface area (Å²) in [6.45, 7) is -0.0915. The van der Waals surface area contributed by atoms with Gasteiger partial charge in [0.1, 0.15) is 24.1 Å². The van der Waals surface area contributed by atoms with Crippen molar-refractivity contribution >= 4 is 11.6 Å². The summed E-state index contributed by atoms with van der Waals surface area (Å²) in [4.78, 5) is 4.18. The molecule has 0 spiro atoms. The SMILES string of the molecule is COc1cc([C@@H]2C(C#N)=C(N)Oc3n[nH]c(-c4cccnc4)c32)ccc1OCc1c(F)cccc1Cl. The average molecular weight is 504 g/mol. The molecule has 2 aromatic carbocycles. The maximum absolute atomic E-state index is 14.2. The summed E-state index contributed by atoms with van der Waals surface area (Å²) in [5, 5.41) is 17.5. The molecule has 0 saturated carbocycles. The van der Waals surface area contributed by atoms with E-state index in [-0.39, 0.29) is 34.5 Å². The van der Waals surface area contributed by atoms with E-state index in [2.05, 4.69) is 21.3 Å². The van der Waals surface area contributed by atoms with Gasteiger partial charge in [0.15, 0.2) is 11.5 Å². The molecule has 8 nitrogen and oxygen atoms in total. The Kier molecular flexibility index (Phi) is 6.19. The third kappa shape index (κ3) is 4.08. The van der Waals surface area contributed by atoms with Crippen LogP contribution in [0.3, 0.4) is 0 Å². The van der Waals surface area contributed by atoms with Crippen LogP contribution in [0.1, 0.15) is 22.6 Å². The Morgan fingerprint density at radius 3 is 2.81 bits per heavy atom. The van der Waals surface area contributed by atoms with Gasteiger partial charge in [0.2, 0.25) is 11.8 Å². The Hall–Kier alpha value is -4.55. The Balaban J connectivity index is 1.55. The number of benzene rings is 2. The number of hydrogen-bond donors (Lipinski definition) is 2. The van der Waals surface area contributed by atoms with E-state index in [1.807, 2.05) is 6.07 Å². The summed E-state index contributed by atoms with van der Waals surface area (Å²) in [5.74, 6) is -0.0681. The summed E-state index contributed by atoms with van der Waals surface area (Å²) in [6, 6.07) is 15.5. The van der Waals surface area contributed by atoms with Gasteiger partial charge in [-0.3, -0.25) is 10.1 Å². The van der Waals surface area contributed by atoms with Crippen LogP contribution in [0.5, 0.6) is 17.4 Å². The van der Waals surface area contributed by atoms with Crippen molar-refractivity contribution in [2.24, 2.45) is 5.73 Å². The largest absolute Gasteiger partial charge is 0.493 e. The van der Waals surface area contributed by atoms with Gasteiger partial charge < -0.3 is 19.9 Å². The number of rotatable bonds is 6. The normalized spacial score (nSPS) is 14.6. The van der Waals surface area contributed by atoms with Gasteiger partial charge >= 0.3 is 0 Å². The first-order valence-electron chi connectivity index (χ1n) is 10.8. The number of ether oxygens (including phenoxy) is 3. The molecule has 0 amide bonds. The number of nitrogens with zero attached hydrogens (tertiary/aromatic N) is 3. The van der Waals surface area contributed by atoms with Crippen molar-refractivity contribution in [3.8, 4) is 34.7 Å². The van der Waals surface area contributed by atoms with Crippen molar-refractivity contribution in [1.82, 2.24) is 15.2 Å². The second-order valence-electron chi connectivity index (χ2n) is 7.88. The van der Waals surface area contributed by atoms with Crippen LogP contribution in [0.25, 0.3) is 11.3 Å². The van der Waals surface area contributed by atoms with Crippen LogP contribution in [0.4, 0.5) is 4.39 Å². The molecule has 1 aliphatic rings. The van der Waals surface area contributed by atoms with E-state index >= 15 is 0 Å². The van der Waals surface area contributed by atoms with Crippen LogP contribution in [0.2, 0.25) is 5.02 Å². The quantitative estimate of drug-likeness (QED) is 0.377. The van der Waals surface area contributed by atoms with Gasteiger partial charge in [-0.25, -0.2) is 4.39 Å². The first-order valence-corrected chi connectivity index (χ1v) is 11.2.